The Morgan fingerprint density at radius 3 is 2.00 bits per heavy atom. The molecule has 5 heteroatoms. The van der Waals surface area contributed by atoms with Crippen molar-refractivity contribution >= 4 is 11.8 Å². The van der Waals surface area contributed by atoms with E-state index in [9.17, 15) is 14.7 Å². The number of unbranched alkanes of at least 4 members (excludes halogenated alkanes) is 8. The molecular formula is C20H34O5. The number of rotatable bonds is 14. The smallest absolute Gasteiger partial charge is 0.329 e. The number of esters is 1. The van der Waals surface area contributed by atoms with Gasteiger partial charge in [-0.25, -0.2) is 0 Å². The summed E-state index contributed by atoms with van der Waals surface area (Å²) in [5, 5.41) is 18.7. The zero-order chi connectivity index (χ0) is 18.7. The fourth-order valence-electron chi connectivity index (χ4n) is 3.14. The Hall–Kier alpha value is -1.36. The first-order chi connectivity index (χ1) is 12.0. The molecule has 1 heterocycles. The molecule has 0 aliphatic carbocycles. The van der Waals surface area contributed by atoms with Crippen LogP contribution in [0.4, 0.5) is 0 Å². The summed E-state index contributed by atoms with van der Waals surface area (Å²) in [6, 6.07) is 0. The van der Waals surface area contributed by atoms with Gasteiger partial charge in [-0.1, -0.05) is 71.6 Å². The van der Waals surface area contributed by atoms with Gasteiger partial charge >= 0.3 is 5.97 Å². The molecular weight excluding hydrogens is 320 g/mol. The van der Waals surface area contributed by atoms with Crippen molar-refractivity contribution in [2.24, 2.45) is 11.8 Å². The lowest BCUT2D eigenvalue weighted by atomic mass is 9.97. The van der Waals surface area contributed by atoms with Crippen LogP contribution in [0.2, 0.25) is 0 Å². The molecule has 1 rings (SSSR count). The monoisotopic (exact) mass is 354 g/mol. The molecule has 1 aliphatic rings. The van der Waals surface area contributed by atoms with E-state index in [1.807, 2.05) is 0 Å². The minimum absolute atomic E-state index is 0.197. The number of carbonyl (C=O) groups excluding carboxylic acids is 2. The van der Waals surface area contributed by atoms with Crippen molar-refractivity contribution in [3.8, 4) is 0 Å². The molecule has 144 valence electrons. The van der Waals surface area contributed by atoms with Crippen LogP contribution in [0.25, 0.3) is 0 Å². The van der Waals surface area contributed by atoms with Crippen LogP contribution in [-0.4, -0.2) is 28.6 Å². The quantitative estimate of drug-likeness (QED) is 0.274. The molecule has 1 aliphatic heterocycles. The van der Waals surface area contributed by atoms with Gasteiger partial charge in [0.2, 0.25) is 0 Å². The SMILES string of the molecule is CC(C)CCCCCCCCCCCC(=O)C1C(=O)OC(CO)=C1O. The normalized spacial score (nSPS) is 17.4. The number of hydrogen-bond donors (Lipinski definition) is 2. The van der Waals surface area contributed by atoms with E-state index >= 15 is 0 Å². The second kappa shape index (κ2) is 12.1. The molecule has 25 heavy (non-hydrogen) atoms. The third-order valence-corrected chi connectivity index (χ3v) is 4.69. The van der Waals surface area contributed by atoms with Crippen molar-refractivity contribution in [1.29, 1.82) is 0 Å². The predicted octanol–water partition coefficient (Wildman–Crippen LogP) is 4.44. The van der Waals surface area contributed by atoms with Gasteiger partial charge in [0.1, 0.15) is 6.61 Å². The lowest BCUT2D eigenvalue weighted by molar-refractivity contribution is -0.144. The molecule has 0 saturated carbocycles. The van der Waals surface area contributed by atoms with Crippen molar-refractivity contribution in [3.63, 3.8) is 0 Å². The van der Waals surface area contributed by atoms with Crippen LogP contribution in [0.5, 0.6) is 0 Å². The number of aliphatic hydroxyl groups is 2. The Morgan fingerprint density at radius 2 is 1.52 bits per heavy atom. The molecule has 0 spiro atoms. The number of hydrogen-bond acceptors (Lipinski definition) is 5. The van der Waals surface area contributed by atoms with Crippen molar-refractivity contribution < 1.29 is 24.5 Å². The Bertz CT molecular complexity index is 453. The highest BCUT2D eigenvalue weighted by Crippen LogP contribution is 2.26. The van der Waals surface area contributed by atoms with Crippen LogP contribution in [0, 0.1) is 11.8 Å². The summed E-state index contributed by atoms with van der Waals surface area (Å²) in [4.78, 5) is 23.6. The highest BCUT2D eigenvalue weighted by Gasteiger charge is 2.40. The van der Waals surface area contributed by atoms with E-state index in [4.69, 9.17) is 5.11 Å². The Balaban J connectivity index is 2.02. The summed E-state index contributed by atoms with van der Waals surface area (Å²) in [7, 11) is 0. The molecule has 2 N–H and O–H groups in total. The number of aliphatic hydroxyl groups excluding tert-OH is 2. The zero-order valence-corrected chi connectivity index (χ0v) is 15.8. The lowest BCUT2D eigenvalue weighted by Crippen LogP contribution is -2.22. The summed E-state index contributed by atoms with van der Waals surface area (Å²) >= 11 is 0. The van der Waals surface area contributed by atoms with Gasteiger partial charge in [0.05, 0.1) is 0 Å². The molecule has 0 amide bonds. The minimum atomic E-state index is -1.23. The van der Waals surface area contributed by atoms with Gasteiger partial charge in [-0.05, 0) is 12.3 Å². The van der Waals surface area contributed by atoms with Gasteiger partial charge in [-0.2, -0.15) is 0 Å². The number of cyclic esters (lactones) is 1. The fraction of sp³-hybridized carbons (Fsp3) is 0.800. The highest BCUT2D eigenvalue weighted by atomic mass is 16.6. The van der Waals surface area contributed by atoms with Gasteiger partial charge in [0.25, 0.3) is 0 Å². The average Bonchev–Trinajstić information content (AvgIpc) is 2.86. The standard InChI is InChI=1S/C20H34O5/c1-15(2)12-10-8-6-4-3-5-7-9-11-13-16(22)18-19(23)17(14-21)25-20(18)24/h15,18,21,23H,3-14H2,1-2H3. The molecule has 0 aromatic heterocycles. The van der Waals surface area contributed by atoms with Gasteiger partial charge in [0, 0.05) is 6.42 Å². The van der Waals surface area contributed by atoms with E-state index in [0.717, 1.165) is 25.2 Å². The molecule has 0 aromatic carbocycles. The molecule has 0 bridgehead atoms. The Labute approximate surface area is 151 Å². The number of carbonyl (C=O) groups is 2. The molecule has 0 fully saturated rings. The van der Waals surface area contributed by atoms with Gasteiger partial charge in [0.15, 0.2) is 23.2 Å². The maximum absolute atomic E-state index is 12.0. The number of Topliss-reactive ketones (excluding diaryl/α,β-unsaturated/α-hetero) is 1. The third kappa shape index (κ3) is 8.04. The summed E-state index contributed by atoms with van der Waals surface area (Å²) in [5.41, 5.74) is 0. The van der Waals surface area contributed by atoms with E-state index in [-0.39, 0.29) is 18.0 Å². The topological polar surface area (TPSA) is 83.8 Å². The first-order valence-corrected chi connectivity index (χ1v) is 9.74. The molecule has 1 unspecified atom stereocenters. The first-order valence-electron chi connectivity index (χ1n) is 9.74. The van der Waals surface area contributed by atoms with Crippen LogP contribution < -0.4 is 0 Å². The molecule has 5 nitrogen and oxygen atoms in total. The van der Waals surface area contributed by atoms with Crippen LogP contribution >= 0.6 is 0 Å². The molecule has 1 atom stereocenters. The van der Waals surface area contributed by atoms with Crippen LogP contribution in [-0.2, 0) is 14.3 Å². The van der Waals surface area contributed by atoms with Crippen molar-refractivity contribution in [2.75, 3.05) is 6.61 Å². The molecule has 0 radical (unpaired) electrons. The molecule has 0 aromatic rings. The summed E-state index contributed by atoms with van der Waals surface area (Å²) in [6.45, 7) is 3.96. The summed E-state index contributed by atoms with van der Waals surface area (Å²) in [6.07, 6.45) is 12.1. The molecule has 0 saturated heterocycles. The largest absolute Gasteiger partial charge is 0.507 e. The number of ether oxygens (including phenoxy) is 1. The maximum atomic E-state index is 12.0. The van der Waals surface area contributed by atoms with Crippen LogP contribution in [0.15, 0.2) is 11.5 Å². The van der Waals surface area contributed by atoms with Crippen molar-refractivity contribution in [3.05, 3.63) is 11.5 Å². The van der Waals surface area contributed by atoms with E-state index in [0.29, 0.717) is 0 Å². The van der Waals surface area contributed by atoms with Crippen LogP contribution in [0.3, 0.4) is 0 Å². The van der Waals surface area contributed by atoms with Crippen molar-refractivity contribution in [1.82, 2.24) is 0 Å². The minimum Gasteiger partial charge on any atom is -0.507 e. The number of ketones is 1. The van der Waals surface area contributed by atoms with Gasteiger partial charge < -0.3 is 14.9 Å². The summed E-state index contributed by atoms with van der Waals surface area (Å²) in [5.74, 6) is -2.14. The third-order valence-electron chi connectivity index (χ3n) is 4.69. The van der Waals surface area contributed by atoms with Crippen molar-refractivity contribution in [2.45, 2.75) is 84.5 Å². The maximum Gasteiger partial charge on any atom is 0.329 e. The second-order valence-electron chi connectivity index (χ2n) is 7.40. The van der Waals surface area contributed by atoms with E-state index in [1.165, 1.54) is 44.9 Å². The first kappa shape index (κ1) is 21.7. The zero-order valence-electron chi connectivity index (χ0n) is 15.8. The fourth-order valence-corrected chi connectivity index (χ4v) is 3.14. The van der Waals surface area contributed by atoms with E-state index in [2.05, 4.69) is 18.6 Å². The lowest BCUT2D eigenvalue weighted by Gasteiger charge is -2.06. The summed E-state index contributed by atoms with van der Waals surface area (Å²) < 4.78 is 4.69. The van der Waals surface area contributed by atoms with E-state index < -0.39 is 24.3 Å². The Morgan fingerprint density at radius 1 is 1.00 bits per heavy atom. The second-order valence-corrected chi connectivity index (χ2v) is 7.40. The van der Waals surface area contributed by atoms with Gasteiger partial charge in [-0.15, -0.1) is 0 Å². The van der Waals surface area contributed by atoms with Crippen LogP contribution in [0.1, 0.15) is 84.5 Å². The van der Waals surface area contributed by atoms with Gasteiger partial charge in [-0.3, -0.25) is 9.59 Å². The highest BCUT2D eigenvalue weighted by molar-refractivity contribution is 6.03. The predicted molar refractivity (Wildman–Crippen MR) is 97.0 cm³/mol. The Kier molecular flexibility index (Phi) is 10.5. The van der Waals surface area contributed by atoms with E-state index in [1.54, 1.807) is 0 Å². The average molecular weight is 354 g/mol.